The van der Waals surface area contributed by atoms with Crippen molar-refractivity contribution in [3.05, 3.63) is 95.1 Å². The van der Waals surface area contributed by atoms with E-state index in [9.17, 15) is 4.79 Å². The van der Waals surface area contributed by atoms with E-state index in [-0.39, 0.29) is 5.91 Å². The van der Waals surface area contributed by atoms with Crippen LogP contribution < -0.4 is 0 Å². The van der Waals surface area contributed by atoms with Crippen molar-refractivity contribution in [3.63, 3.8) is 0 Å². The zero-order valence-corrected chi connectivity index (χ0v) is 17.2. The Morgan fingerprint density at radius 1 is 1.00 bits per heavy atom. The molecule has 0 fully saturated rings. The molecule has 1 amide bonds. The highest BCUT2D eigenvalue weighted by Gasteiger charge is 2.15. The first-order valence-corrected chi connectivity index (χ1v) is 9.79. The molecule has 0 spiro atoms. The highest BCUT2D eigenvalue weighted by molar-refractivity contribution is 5.94. The molecule has 0 unspecified atom stereocenters. The number of nitriles is 1. The minimum Gasteiger partial charge on any atom is -0.416 e. The Morgan fingerprint density at radius 2 is 1.74 bits per heavy atom. The van der Waals surface area contributed by atoms with Crippen molar-refractivity contribution in [2.45, 2.75) is 13.5 Å². The van der Waals surface area contributed by atoms with Crippen molar-refractivity contribution in [2.75, 3.05) is 7.05 Å². The maximum absolute atomic E-state index is 12.8. The standard InChI is InChI=1S/C25H20N4O2/c1-17-6-3-4-9-22(17)24-28-27-23(31-24)20-10-12-21(13-11-20)25(30)29(2)16-19-8-5-7-18(14-19)15-26/h3-14H,16H2,1-2H3. The molecule has 0 aliphatic carbocycles. The Balaban J connectivity index is 1.48. The highest BCUT2D eigenvalue weighted by atomic mass is 16.4. The van der Waals surface area contributed by atoms with Gasteiger partial charge in [-0.25, -0.2) is 0 Å². The minimum atomic E-state index is -0.111. The van der Waals surface area contributed by atoms with Crippen LogP contribution in [-0.4, -0.2) is 28.1 Å². The van der Waals surface area contributed by atoms with Crippen molar-refractivity contribution >= 4 is 5.91 Å². The molecule has 3 aromatic carbocycles. The second kappa shape index (κ2) is 8.64. The molecule has 6 heteroatoms. The lowest BCUT2D eigenvalue weighted by Gasteiger charge is -2.17. The first-order valence-electron chi connectivity index (χ1n) is 9.79. The molecule has 0 atom stereocenters. The van der Waals surface area contributed by atoms with Gasteiger partial charge in [0.15, 0.2) is 0 Å². The van der Waals surface area contributed by atoms with Gasteiger partial charge in [0.2, 0.25) is 11.8 Å². The van der Waals surface area contributed by atoms with Crippen molar-refractivity contribution in [2.24, 2.45) is 0 Å². The maximum atomic E-state index is 12.8. The van der Waals surface area contributed by atoms with Crippen LogP contribution in [-0.2, 0) is 6.54 Å². The number of carbonyl (C=O) groups excluding carboxylic acids is 1. The van der Waals surface area contributed by atoms with Gasteiger partial charge in [-0.15, -0.1) is 10.2 Å². The summed E-state index contributed by atoms with van der Waals surface area (Å²) in [6, 6.07) is 24.3. The first-order chi connectivity index (χ1) is 15.0. The Bertz CT molecular complexity index is 1270. The van der Waals surface area contributed by atoms with Crippen molar-refractivity contribution in [1.29, 1.82) is 5.26 Å². The third-order valence-corrected chi connectivity index (χ3v) is 5.00. The van der Waals surface area contributed by atoms with Gasteiger partial charge < -0.3 is 9.32 Å². The summed E-state index contributed by atoms with van der Waals surface area (Å²) >= 11 is 0. The number of hydrogen-bond donors (Lipinski definition) is 0. The van der Waals surface area contributed by atoms with Gasteiger partial charge in [0, 0.05) is 30.3 Å². The molecular formula is C25H20N4O2. The highest BCUT2D eigenvalue weighted by Crippen LogP contribution is 2.26. The summed E-state index contributed by atoms with van der Waals surface area (Å²) in [4.78, 5) is 14.4. The molecule has 0 aliphatic heterocycles. The quantitative estimate of drug-likeness (QED) is 0.471. The van der Waals surface area contributed by atoms with E-state index in [0.29, 0.717) is 29.5 Å². The summed E-state index contributed by atoms with van der Waals surface area (Å²) in [7, 11) is 1.74. The van der Waals surface area contributed by atoms with Gasteiger partial charge in [0.25, 0.3) is 5.91 Å². The van der Waals surface area contributed by atoms with E-state index in [1.807, 2.05) is 43.3 Å². The average molecular weight is 408 g/mol. The number of nitrogens with zero attached hydrogens (tertiary/aromatic N) is 4. The normalized spacial score (nSPS) is 10.5. The number of carbonyl (C=O) groups is 1. The van der Waals surface area contributed by atoms with Gasteiger partial charge in [-0.05, 0) is 60.5 Å². The fourth-order valence-corrected chi connectivity index (χ4v) is 3.32. The van der Waals surface area contributed by atoms with Crippen molar-refractivity contribution < 1.29 is 9.21 Å². The van der Waals surface area contributed by atoms with Crippen LogP contribution in [0.3, 0.4) is 0 Å². The molecule has 0 bridgehead atoms. The molecule has 0 N–H and O–H groups in total. The lowest BCUT2D eigenvalue weighted by Crippen LogP contribution is -2.26. The van der Waals surface area contributed by atoms with Gasteiger partial charge in [-0.1, -0.05) is 30.3 Å². The lowest BCUT2D eigenvalue weighted by atomic mass is 10.1. The van der Waals surface area contributed by atoms with Crippen LogP contribution in [0.4, 0.5) is 0 Å². The summed E-state index contributed by atoms with van der Waals surface area (Å²) < 4.78 is 5.84. The molecule has 0 radical (unpaired) electrons. The lowest BCUT2D eigenvalue weighted by molar-refractivity contribution is 0.0785. The fourth-order valence-electron chi connectivity index (χ4n) is 3.32. The Hall–Kier alpha value is -4.24. The summed E-state index contributed by atoms with van der Waals surface area (Å²) in [5.74, 6) is 0.756. The van der Waals surface area contributed by atoms with E-state index in [4.69, 9.17) is 9.68 Å². The Labute approximate surface area is 180 Å². The zero-order chi connectivity index (χ0) is 21.8. The van der Waals surface area contributed by atoms with E-state index in [1.165, 1.54) is 0 Å². The van der Waals surface area contributed by atoms with Gasteiger partial charge >= 0.3 is 0 Å². The van der Waals surface area contributed by atoms with Gasteiger partial charge in [0.05, 0.1) is 11.6 Å². The Morgan fingerprint density at radius 3 is 2.48 bits per heavy atom. The SMILES string of the molecule is Cc1ccccc1-c1nnc(-c2ccc(C(=O)N(C)Cc3cccc(C#N)c3)cc2)o1. The van der Waals surface area contributed by atoms with Crippen LogP contribution in [0, 0.1) is 18.3 Å². The number of rotatable bonds is 5. The van der Waals surface area contributed by atoms with Crippen LogP contribution in [0.5, 0.6) is 0 Å². The van der Waals surface area contributed by atoms with Crippen LogP contribution in [0.25, 0.3) is 22.9 Å². The van der Waals surface area contributed by atoms with Crippen molar-refractivity contribution in [3.8, 4) is 29.0 Å². The topological polar surface area (TPSA) is 83.0 Å². The minimum absolute atomic E-state index is 0.111. The molecule has 4 rings (SSSR count). The number of aryl methyl sites for hydroxylation is 1. The predicted molar refractivity (Wildman–Crippen MR) is 117 cm³/mol. The van der Waals surface area contributed by atoms with E-state index in [1.54, 1.807) is 48.3 Å². The number of benzene rings is 3. The molecule has 1 aromatic heterocycles. The smallest absolute Gasteiger partial charge is 0.253 e. The van der Waals surface area contributed by atoms with Gasteiger partial charge in [-0.3, -0.25) is 4.79 Å². The molecule has 0 saturated carbocycles. The van der Waals surface area contributed by atoms with E-state index in [2.05, 4.69) is 16.3 Å². The third-order valence-electron chi connectivity index (χ3n) is 5.00. The van der Waals surface area contributed by atoms with E-state index >= 15 is 0 Å². The van der Waals surface area contributed by atoms with Crippen LogP contribution in [0.2, 0.25) is 0 Å². The molecule has 31 heavy (non-hydrogen) atoms. The largest absolute Gasteiger partial charge is 0.416 e. The summed E-state index contributed by atoms with van der Waals surface area (Å²) in [6.07, 6.45) is 0. The van der Waals surface area contributed by atoms with Crippen LogP contribution >= 0.6 is 0 Å². The number of aromatic nitrogens is 2. The van der Waals surface area contributed by atoms with Gasteiger partial charge in [-0.2, -0.15) is 5.26 Å². The zero-order valence-electron chi connectivity index (χ0n) is 17.2. The number of amides is 1. The van der Waals surface area contributed by atoms with E-state index in [0.717, 1.165) is 22.3 Å². The summed E-state index contributed by atoms with van der Waals surface area (Å²) in [5.41, 5.74) is 4.74. The second-order valence-electron chi connectivity index (χ2n) is 7.28. The molecule has 1 heterocycles. The number of hydrogen-bond acceptors (Lipinski definition) is 5. The summed E-state index contributed by atoms with van der Waals surface area (Å²) in [5, 5.41) is 17.3. The average Bonchev–Trinajstić information content (AvgIpc) is 3.29. The molecule has 152 valence electrons. The predicted octanol–water partition coefficient (Wildman–Crippen LogP) is 4.86. The fraction of sp³-hybridized carbons (Fsp3) is 0.120. The maximum Gasteiger partial charge on any atom is 0.253 e. The molecular weight excluding hydrogens is 388 g/mol. The van der Waals surface area contributed by atoms with Gasteiger partial charge in [0.1, 0.15) is 0 Å². The Kier molecular flexibility index (Phi) is 5.59. The van der Waals surface area contributed by atoms with E-state index < -0.39 is 0 Å². The molecule has 6 nitrogen and oxygen atoms in total. The van der Waals surface area contributed by atoms with Crippen LogP contribution in [0.1, 0.15) is 27.0 Å². The first kappa shape index (κ1) is 20.0. The summed E-state index contributed by atoms with van der Waals surface area (Å²) in [6.45, 7) is 2.41. The monoisotopic (exact) mass is 408 g/mol. The second-order valence-corrected chi connectivity index (χ2v) is 7.28. The third kappa shape index (κ3) is 4.36. The molecule has 0 saturated heterocycles. The van der Waals surface area contributed by atoms with Crippen LogP contribution in [0.15, 0.2) is 77.2 Å². The molecule has 0 aliphatic rings. The molecule has 4 aromatic rings. The van der Waals surface area contributed by atoms with Crippen molar-refractivity contribution in [1.82, 2.24) is 15.1 Å².